The molecule has 2 rings (SSSR count). The van der Waals surface area contributed by atoms with Crippen LogP contribution in [-0.2, 0) is 0 Å². The summed E-state index contributed by atoms with van der Waals surface area (Å²) in [6.45, 7) is 0. The maximum absolute atomic E-state index is 2.92. The molecule has 2 saturated carbocycles. The first-order chi connectivity index (χ1) is 16.4. The smallest absolute Gasteiger partial charge is 0.0686 e. The second-order valence-electron chi connectivity index (χ2n) is 12.1. The quantitative estimate of drug-likeness (QED) is 0.362. The van der Waals surface area contributed by atoms with Crippen LogP contribution in [0.15, 0.2) is 0 Å². The molecule has 0 bridgehead atoms. The predicted octanol–water partition coefficient (Wildman–Crippen LogP) is 12.0. The summed E-state index contributed by atoms with van der Waals surface area (Å²) >= 11 is 0. The molecule has 33 heavy (non-hydrogen) atoms. The summed E-state index contributed by atoms with van der Waals surface area (Å²) in [5.74, 6) is 1.85. The zero-order valence-electron chi connectivity index (χ0n) is 22.9. The van der Waals surface area contributed by atoms with Gasteiger partial charge in [0.25, 0.3) is 0 Å². The van der Waals surface area contributed by atoms with E-state index in [0.29, 0.717) is 0 Å². The van der Waals surface area contributed by atoms with Gasteiger partial charge >= 0.3 is 0 Å². The third-order valence-corrected chi connectivity index (χ3v) is 8.84. The summed E-state index contributed by atoms with van der Waals surface area (Å²) in [7, 11) is 2.92. The van der Waals surface area contributed by atoms with Crippen LogP contribution < -0.4 is 0 Å². The molecule has 1 heteroatoms. The van der Waals surface area contributed by atoms with E-state index in [4.69, 9.17) is 0 Å². The largest absolute Gasteiger partial charge is 0.117 e. The van der Waals surface area contributed by atoms with Crippen LogP contribution in [0.4, 0.5) is 0 Å². The lowest BCUT2D eigenvalue weighted by Crippen LogP contribution is -2.13. The van der Waals surface area contributed by atoms with Crippen LogP contribution in [0.1, 0.15) is 193 Å². The van der Waals surface area contributed by atoms with Crippen molar-refractivity contribution in [3.63, 3.8) is 0 Å². The van der Waals surface area contributed by atoms with Gasteiger partial charge in [0.2, 0.25) is 0 Å². The van der Waals surface area contributed by atoms with Gasteiger partial charge in [-0.15, -0.1) is 0 Å². The maximum Gasteiger partial charge on any atom is 0.117 e. The van der Waals surface area contributed by atoms with E-state index in [1.807, 2.05) is 0 Å². The molecule has 2 fully saturated rings. The fourth-order valence-electron chi connectivity index (χ4n) is 6.57. The number of hydrogen-bond acceptors (Lipinski definition) is 0. The molecular weight excluding hydrogens is 395 g/mol. The molecule has 0 aromatic heterocycles. The molecule has 0 saturated heterocycles. The highest BCUT2D eigenvalue weighted by Gasteiger charge is 2.18. The van der Waals surface area contributed by atoms with Crippen molar-refractivity contribution in [1.82, 2.24) is 0 Å². The van der Waals surface area contributed by atoms with E-state index in [1.165, 1.54) is 193 Å². The molecule has 2 aliphatic carbocycles. The van der Waals surface area contributed by atoms with Gasteiger partial charge in [0.1, 0.15) is 7.28 Å². The molecule has 0 amide bonds. The summed E-state index contributed by atoms with van der Waals surface area (Å²) in [5, 5.41) is 0. The van der Waals surface area contributed by atoms with Crippen molar-refractivity contribution in [1.29, 1.82) is 0 Å². The highest BCUT2D eigenvalue weighted by atomic mass is 14.1. The zero-order valence-corrected chi connectivity index (χ0v) is 22.9. The molecular formula is C32H62B. The van der Waals surface area contributed by atoms with Crippen LogP contribution in [-0.4, -0.2) is 7.28 Å². The van der Waals surface area contributed by atoms with Gasteiger partial charge in [-0.1, -0.05) is 204 Å². The van der Waals surface area contributed by atoms with Gasteiger partial charge in [0.05, 0.1) is 0 Å². The minimum absolute atomic E-state index is 0.925. The maximum atomic E-state index is 2.92. The molecule has 0 unspecified atom stereocenters. The fourth-order valence-corrected chi connectivity index (χ4v) is 6.57. The monoisotopic (exact) mass is 457 g/mol. The molecule has 2 aliphatic rings. The lowest BCUT2D eigenvalue weighted by molar-refractivity contribution is 0.489. The Morgan fingerprint density at radius 1 is 0.212 bits per heavy atom. The molecule has 0 heterocycles. The van der Waals surface area contributed by atoms with E-state index in [-0.39, 0.29) is 0 Å². The normalized spacial score (nSPS) is 25.3. The van der Waals surface area contributed by atoms with E-state index in [2.05, 4.69) is 7.28 Å². The predicted molar refractivity (Wildman–Crippen MR) is 152 cm³/mol. The Balaban J connectivity index is 1.77. The average molecular weight is 458 g/mol. The third-order valence-electron chi connectivity index (χ3n) is 8.84. The summed E-state index contributed by atoms with van der Waals surface area (Å²) in [4.78, 5) is 0. The van der Waals surface area contributed by atoms with E-state index in [0.717, 1.165) is 11.6 Å². The van der Waals surface area contributed by atoms with Crippen LogP contribution in [0.2, 0.25) is 11.6 Å². The molecule has 0 nitrogen and oxygen atoms in total. The molecule has 0 aliphatic heterocycles. The standard InChI is InChI=1S/C32H62B/c1-3-7-11-15-19-23-27-31(28-24-20-16-12-8-4-1)33-32-29-25-21-17-13-9-5-2-6-10-14-18-22-26-30-32/h31-32H,1-30H2. The second kappa shape index (κ2) is 22.5. The van der Waals surface area contributed by atoms with Gasteiger partial charge in [-0.3, -0.25) is 0 Å². The Morgan fingerprint density at radius 3 is 0.545 bits per heavy atom. The molecule has 0 N–H and O–H groups in total. The first kappa shape index (κ1) is 29.3. The van der Waals surface area contributed by atoms with Crippen LogP contribution >= 0.6 is 0 Å². The van der Waals surface area contributed by atoms with Crippen molar-refractivity contribution in [3.05, 3.63) is 0 Å². The Kier molecular flexibility index (Phi) is 20.0. The Bertz CT molecular complexity index is 324. The van der Waals surface area contributed by atoms with Crippen molar-refractivity contribution in [2.24, 2.45) is 0 Å². The van der Waals surface area contributed by atoms with Gasteiger partial charge < -0.3 is 0 Å². The summed E-state index contributed by atoms with van der Waals surface area (Å²) in [5.41, 5.74) is 0. The summed E-state index contributed by atoms with van der Waals surface area (Å²) in [6, 6.07) is 0. The highest BCUT2D eigenvalue weighted by molar-refractivity contribution is 6.39. The summed E-state index contributed by atoms with van der Waals surface area (Å²) in [6.07, 6.45) is 44.9. The molecule has 0 spiro atoms. The topological polar surface area (TPSA) is 0 Å². The van der Waals surface area contributed by atoms with Crippen molar-refractivity contribution in [2.75, 3.05) is 0 Å². The van der Waals surface area contributed by atoms with Crippen LogP contribution in [0.5, 0.6) is 0 Å². The van der Waals surface area contributed by atoms with Gasteiger partial charge in [-0.2, -0.15) is 0 Å². The molecule has 193 valence electrons. The van der Waals surface area contributed by atoms with Gasteiger partial charge in [0, 0.05) is 0 Å². The van der Waals surface area contributed by atoms with E-state index >= 15 is 0 Å². The molecule has 0 atom stereocenters. The van der Waals surface area contributed by atoms with E-state index in [1.54, 1.807) is 0 Å². The van der Waals surface area contributed by atoms with Crippen molar-refractivity contribution >= 4 is 7.28 Å². The first-order valence-corrected chi connectivity index (χ1v) is 16.3. The minimum atomic E-state index is 0.925. The second-order valence-corrected chi connectivity index (χ2v) is 12.1. The molecule has 0 aromatic rings. The molecule has 1 radical (unpaired) electrons. The van der Waals surface area contributed by atoms with Gasteiger partial charge in [-0.05, 0) is 0 Å². The minimum Gasteiger partial charge on any atom is -0.0686 e. The van der Waals surface area contributed by atoms with Gasteiger partial charge in [-0.25, -0.2) is 0 Å². The van der Waals surface area contributed by atoms with Crippen LogP contribution in [0.3, 0.4) is 0 Å². The fraction of sp³-hybridized carbons (Fsp3) is 1.00. The lowest BCUT2D eigenvalue weighted by atomic mass is 9.50. The Hall–Kier alpha value is 0.0649. The molecule has 0 aromatic carbocycles. The third kappa shape index (κ3) is 18.1. The van der Waals surface area contributed by atoms with Crippen LogP contribution in [0.25, 0.3) is 0 Å². The van der Waals surface area contributed by atoms with Crippen LogP contribution in [0, 0.1) is 0 Å². The zero-order chi connectivity index (χ0) is 23.1. The Labute approximate surface area is 211 Å². The van der Waals surface area contributed by atoms with Crippen molar-refractivity contribution in [3.8, 4) is 0 Å². The van der Waals surface area contributed by atoms with E-state index < -0.39 is 0 Å². The van der Waals surface area contributed by atoms with Gasteiger partial charge in [0.15, 0.2) is 0 Å². The number of rotatable bonds is 2. The first-order valence-electron chi connectivity index (χ1n) is 16.3. The van der Waals surface area contributed by atoms with Crippen molar-refractivity contribution < 1.29 is 0 Å². The highest BCUT2D eigenvalue weighted by Crippen LogP contribution is 2.32. The average Bonchev–Trinajstić information content (AvgIpc) is 2.81. The number of hydrogen-bond donors (Lipinski definition) is 0. The lowest BCUT2D eigenvalue weighted by Gasteiger charge is -2.23. The Morgan fingerprint density at radius 2 is 0.364 bits per heavy atom. The summed E-state index contributed by atoms with van der Waals surface area (Å²) < 4.78 is 0. The van der Waals surface area contributed by atoms with E-state index in [9.17, 15) is 0 Å². The van der Waals surface area contributed by atoms with Crippen molar-refractivity contribution in [2.45, 2.75) is 204 Å². The SMILES string of the molecule is [B](C1CCCCCCCCCCCCCCC1)C1CCCCCCCCCCCCCCC1.